The number of methoxy groups -OCH3 is 1. The van der Waals surface area contributed by atoms with Gasteiger partial charge in [-0.1, -0.05) is 29.8 Å². The number of fused-ring (bicyclic) bond motifs is 1. The van der Waals surface area contributed by atoms with Crippen molar-refractivity contribution in [2.75, 3.05) is 7.11 Å². The molecule has 28 heavy (non-hydrogen) atoms. The Bertz CT molecular complexity index is 1130. The number of hydrogen-bond donors (Lipinski definition) is 0. The van der Waals surface area contributed by atoms with Crippen LogP contribution in [0, 0.1) is 6.92 Å². The van der Waals surface area contributed by atoms with Crippen molar-refractivity contribution in [2.45, 2.75) is 13.1 Å². The van der Waals surface area contributed by atoms with E-state index in [-0.39, 0.29) is 11.3 Å². The molecule has 0 aliphatic heterocycles. The second-order valence-corrected chi connectivity index (χ2v) is 6.42. The van der Waals surface area contributed by atoms with Crippen molar-refractivity contribution in [2.24, 2.45) is 0 Å². The first-order valence-corrected chi connectivity index (χ1v) is 8.54. The van der Waals surface area contributed by atoms with E-state index in [4.69, 9.17) is 4.74 Å². The van der Waals surface area contributed by atoms with Crippen LogP contribution in [0.5, 0.6) is 5.75 Å². The van der Waals surface area contributed by atoms with Gasteiger partial charge in [-0.25, -0.2) is 9.50 Å². The van der Waals surface area contributed by atoms with Crippen LogP contribution in [0.15, 0.2) is 60.7 Å². The van der Waals surface area contributed by atoms with Crippen molar-refractivity contribution >= 4 is 5.65 Å². The normalized spacial score (nSPS) is 11.8. The number of halogens is 3. The van der Waals surface area contributed by atoms with Crippen LogP contribution in [0.1, 0.15) is 11.3 Å². The average molecular weight is 383 g/mol. The molecule has 0 saturated carbocycles. The summed E-state index contributed by atoms with van der Waals surface area (Å²) in [6.45, 7) is 1.94. The van der Waals surface area contributed by atoms with E-state index in [1.165, 1.54) is 7.11 Å². The number of ether oxygens (including phenoxy) is 1. The molecule has 2 aromatic carbocycles. The Labute approximate surface area is 159 Å². The lowest BCUT2D eigenvalue weighted by Gasteiger charge is -2.11. The largest absolute Gasteiger partial charge is 0.497 e. The van der Waals surface area contributed by atoms with Crippen LogP contribution in [0.25, 0.3) is 28.2 Å². The van der Waals surface area contributed by atoms with Gasteiger partial charge in [0, 0.05) is 17.2 Å². The van der Waals surface area contributed by atoms with Crippen molar-refractivity contribution in [3.63, 3.8) is 0 Å². The molecule has 0 radical (unpaired) electrons. The zero-order chi connectivity index (χ0) is 19.9. The summed E-state index contributed by atoms with van der Waals surface area (Å²) in [4.78, 5) is 4.40. The van der Waals surface area contributed by atoms with Crippen LogP contribution in [0.3, 0.4) is 0 Å². The molecule has 0 aliphatic rings. The predicted octanol–water partition coefficient (Wildman–Crippen LogP) is 5.40. The molecule has 4 nitrogen and oxygen atoms in total. The van der Waals surface area contributed by atoms with E-state index in [0.29, 0.717) is 17.0 Å². The fourth-order valence-corrected chi connectivity index (χ4v) is 2.95. The van der Waals surface area contributed by atoms with Crippen molar-refractivity contribution in [1.82, 2.24) is 14.6 Å². The minimum atomic E-state index is -4.57. The summed E-state index contributed by atoms with van der Waals surface area (Å²) < 4.78 is 47.0. The molecule has 0 amide bonds. The maximum absolute atomic E-state index is 13.7. The zero-order valence-electron chi connectivity index (χ0n) is 15.2. The minimum absolute atomic E-state index is 0.135. The Morgan fingerprint density at radius 1 is 0.857 bits per heavy atom. The fraction of sp³-hybridized carbons (Fsp3) is 0.143. The minimum Gasteiger partial charge on any atom is -0.497 e. The van der Waals surface area contributed by atoms with Crippen LogP contribution < -0.4 is 4.74 Å². The molecule has 0 bridgehead atoms. The molecular formula is C21H16F3N3O. The first-order chi connectivity index (χ1) is 13.3. The summed E-state index contributed by atoms with van der Waals surface area (Å²) in [6.07, 6.45) is -4.57. The molecule has 142 valence electrons. The Hall–Kier alpha value is -3.35. The van der Waals surface area contributed by atoms with Gasteiger partial charge in [-0.15, -0.1) is 0 Å². The van der Waals surface area contributed by atoms with Crippen molar-refractivity contribution in [3.8, 4) is 28.3 Å². The third-order valence-electron chi connectivity index (χ3n) is 4.45. The first kappa shape index (κ1) is 18.0. The van der Waals surface area contributed by atoms with Crippen LogP contribution in [0.2, 0.25) is 0 Å². The summed E-state index contributed by atoms with van der Waals surface area (Å²) in [5, 5.41) is 4.16. The molecule has 2 aromatic heterocycles. The molecule has 0 unspecified atom stereocenters. The Kier molecular flexibility index (Phi) is 4.30. The van der Waals surface area contributed by atoms with Crippen LogP contribution in [-0.2, 0) is 6.18 Å². The van der Waals surface area contributed by atoms with E-state index < -0.39 is 11.9 Å². The van der Waals surface area contributed by atoms with E-state index in [1.807, 2.05) is 31.2 Å². The number of nitrogens with zero attached hydrogens (tertiary/aromatic N) is 3. The Morgan fingerprint density at radius 2 is 1.46 bits per heavy atom. The highest BCUT2D eigenvalue weighted by molar-refractivity contribution is 5.68. The topological polar surface area (TPSA) is 39.4 Å². The summed E-state index contributed by atoms with van der Waals surface area (Å²) in [5.74, 6) is 0.617. The molecule has 2 heterocycles. The Balaban J connectivity index is 1.89. The number of alkyl halides is 3. The molecule has 0 N–H and O–H groups in total. The van der Waals surface area contributed by atoms with Gasteiger partial charge in [-0.2, -0.15) is 18.3 Å². The lowest BCUT2D eigenvalue weighted by Crippen LogP contribution is -2.13. The van der Waals surface area contributed by atoms with E-state index in [0.717, 1.165) is 21.7 Å². The van der Waals surface area contributed by atoms with Crippen LogP contribution >= 0.6 is 0 Å². The third-order valence-corrected chi connectivity index (χ3v) is 4.45. The van der Waals surface area contributed by atoms with E-state index >= 15 is 0 Å². The molecule has 0 saturated heterocycles. The standard InChI is InChI=1S/C21H16F3N3O/c1-13-3-5-15(6-4-13)18-12-20-25-17(14-7-9-16(28-2)10-8-14)11-19(21(22,23)24)27(20)26-18/h3-12H,1-2H3. The fourth-order valence-electron chi connectivity index (χ4n) is 2.95. The third kappa shape index (κ3) is 3.31. The van der Waals surface area contributed by atoms with E-state index in [1.54, 1.807) is 30.3 Å². The van der Waals surface area contributed by atoms with Gasteiger partial charge in [0.2, 0.25) is 0 Å². The maximum Gasteiger partial charge on any atom is 0.433 e. The van der Waals surface area contributed by atoms with Gasteiger partial charge in [-0.05, 0) is 37.3 Å². The number of rotatable bonds is 3. The monoisotopic (exact) mass is 383 g/mol. The molecule has 7 heteroatoms. The number of benzene rings is 2. The Morgan fingerprint density at radius 3 is 2.07 bits per heavy atom. The summed E-state index contributed by atoms with van der Waals surface area (Å²) >= 11 is 0. The lowest BCUT2D eigenvalue weighted by atomic mass is 10.1. The second kappa shape index (κ2) is 6.67. The molecule has 4 rings (SSSR count). The summed E-state index contributed by atoms with van der Waals surface area (Å²) in [6, 6.07) is 16.7. The molecular weight excluding hydrogens is 367 g/mol. The van der Waals surface area contributed by atoms with E-state index in [2.05, 4.69) is 10.1 Å². The van der Waals surface area contributed by atoms with Gasteiger partial charge in [0.25, 0.3) is 0 Å². The maximum atomic E-state index is 13.7. The molecule has 0 spiro atoms. The highest BCUT2D eigenvalue weighted by Crippen LogP contribution is 2.33. The van der Waals surface area contributed by atoms with Gasteiger partial charge in [-0.3, -0.25) is 0 Å². The van der Waals surface area contributed by atoms with Gasteiger partial charge in [0.05, 0.1) is 18.5 Å². The second-order valence-electron chi connectivity index (χ2n) is 6.42. The van der Waals surface area contributed by atoms with Gasteiger partial charge in [0.1, 0.15) is 5.75 Å². The SMILES string of the molecule is COc1ccc(-c2cc(C(F)(F)F)n3nc(-c4ccc(C)cc4)cc3n2)cc1. The highest BCUT2D eigenvalue weighted by Gasteiger charge is 2.35. The van der Waals surface area contributed by atoms with Crippen molar-refractivity contribution in [1.29, 1.82) is 0 Å². The lowest BCUT2D eigenvalue weighted by molar-refractivity contribution is -0.142. The zero-order valence-corrected chi connectivity index (χ0v) is 15.2. The van der Waals surface area contributed by atoms with Crippen molar-refractivity contribution < 1.29 is 17.9 Å². The first-order valence-electron chi connectivity index (χ1n) is 8.54. The summed E-state index contributed by atoms with van der Waals surface area (Å²) in [5.41, 5.74) is 2.27. The van der Waals surface area contributed by atoms with E-state index in [9.17, 15) is 13.2 Å². The van der Waals surface area contributed by atoms with Crippen LogP contribution in [-0.4, -0.2) is 21.7 Å². The number of aryl methyl sites for hydroxylation is 1. The quantitative estimate of drug-likeness (QED) is 0.476. The van der Waals surface area contributed by atoms with Gasteiger partial charge >= 0.3 is 6.18 Å². The summed E-state index contributed by atoms with van der Waals surface area (Å²) in [7, 11) is 1.53. The number of aromatic nitrogens is 3. The highest BCUT2D eigenvalue weighted by atomic mass is 19.4. The molecule has 0 atom stereocenters. The van der Waals surface area contributed by atoms with Crippen LogP contribution in [0.4, 0.5) is 13.2 Å². The predicted molar refractivity (Wildman–Crippen MR) is 100 cm³/mol. The number of hydrogen-bond acceptors (Lipinski definition) is 3. The van der Waals surface area contributed by atoms with Crippen molar-refractivity contribution in [3.05, 3.63) is 71.9 Å². The molecule has 4 aromatic rings. The van der Waals surface area contributed by atoms with Gasteiger partial charge in [0.15, 0.2) is 11.3 Å². The molecule has 0 fully saturated rings. The molecule has 0 aliphatic carbocycles. The smallest absolute Gasteiger partial charge is 0.433 e. The average Bonchev–Trinajstić information content (AvgIpc) is 3.11. The van der Waals surface area contributed by atoms with Gasteiger partial charge < -0.3 is 4.74 Å².